The SMILES string of the molecule is COc1c(C(C)(C)C)ccc(C)c1-c1cnoc1N. The second-order valence-electron chi connectivity index (χ2n) is 5.69. The Morgan fingerprint density at radius 3 is 2.42 bits per heavy atom. The molecule has 19 heavy (non-hydrogen) atoms. The Labute approximate surface area is 113 Å². The van der Waals surface area contributed by atoms with Crippen molar-refractivity contribution >= 4 is 5.88 Å². The Balaban J connectivity index is 2.77. The third kappa shape index (κ3) is 2.30. The van der Waals surface area contributed by atoms with Gasteiger partial charge in [-0.25, -0.2) is 0 Å². The molecule has 0 bridgehead atoms. The largest absolute Gasteiger partial charge is 0.496 e. The average molecular weight is 260 g/mol. The molecule has 0 aliphatic rings. The highest BCUT2D eigenvalue weighted by Gasteiger charge is 2.24. The smallest absolute Gasteiger partial charge is 0.230 e. The molecule has 0 aliphatic carbocycles. The van der Waals surface area contributed by atoms with Gasteiger partial charge < -0.3 is 15.0 Å². The minimum atomic E-state index is -0.0142. The quantitative estimate of drug-likeness (QED) is 0.897. The highest BCUT2D eigenvalue weighted by Crippen LogP contribution is 2.42. The van der Waals surface area contributed by atoms with E-state index in [-0.39, 0.29) is 5.41 Å². The Kier molecular flexibility index (Phi) is 3.27. The summed E-state index contributed by atoms with van der Waals surface area (Å²) < 4.78 is 10.6. The Hall–Kier alpha value is -1.97. The van der Waals surface area contributed by atoms with Crippen LogP contribution in [0.3, 0.4) is 0 Å². The molecule has 1 aromatic carbocycles. The molecular formula is C15H20N2O2. The predicted molar refractivity (Wildman–Crippen MR) is 76.3 cm³/mol. The highest BCUT2D eigenvalue weighted by atomic mass is 16.5. The van der Waals surface area contributed by atoms with E-state index in [0.717, 1.165) is 28.0 Å². The third-order valence-electron chi connectivity index (χ3n) is 3.25. The summed E-state index contributed by atoms with van der Waals surface area (Å²) in [6, 6.07) is 4.17. The molecule has 1 aromatic heterocycles. The van der Waals surface area contributed by atoms with Crippen molar-refractivity contribution in [2.75, 3.05) is 12.8 Å². The van der Waals surface area contributed by atoms with Gasteiger partial charge in [0.05, 0.1) is 18.9 Å². The summed E-state index contributed by atoms with van der Waals surface area (Å²) in [4.78, 5) is 0. The molecule has 0 fully saturated rings. The van der Waals surface area contributed by atoms with Crippen LogP contribution in [-0.2, 0) is 5.41 Å². The van der Waals surface area contributed by atoms with Gasteiger partial charge in [0.2, 0.25) is 5.88 Å². The molecule has 1 heterocycles. The molecular weight excluding hydrogens is 240 g/mol. The first-order chi connectivity index (χ1) is 8.86. The van der Waals surface area contributed by atoms with Gasteiger partial charge in [0.1, 0.15) is 5.75 Å². The lowest BCUT2D eigenvalue weighted by Gasteiger charge is -2.24. The summed E-state index contributed by atoms with van der Waals surface area (Å²) in [5.74, 6) is 1.15. The van der Waals surface area contributed by atoms with Gasteiger partial charge in [0, 0.05) is 11.1 Å². The van der Waals surface area contributed by atoms with Crippen LogP contribution in [0, 0.1) is 6.92 Å². The molecule has 0 radical (unpaired) electrons. The summed E-state index contributed by atoms with van der Waals surface area (Å²) in [6.45, 7) is 8.49. The van der Waals surface area contributed by atoms with E-state index in [9.17, 15) is 0 Å². The fourth-order valence-electron chi connectivity index (χ4n) is 2.25. The number of benzene rings is 1. The number of aromatic nitrogens is 1. The van der Waals surface area contributed by atoms with Crippen LogP contribution in [0.15, 0.2) is 22.9 Å². The molecule has 0 spiro atoms. The Morgan fingerprint density at radius 1 is 1.26 bits per heavy atom. The third-order valence-corrected chi connectivity index (χ3v) is 3.25. The van der Waals surface area contributed by atoms with Crippen LogP contribution in [0.25, 0.3) is 11.1 Å². The molecule has 2 N–H and O–H groups in total. The molecule has 0 atom stereocenters. The number of nitrogens with zero attached hydrogens (tertiary/aromatic N) is 1. The number of aryl methyl sites for hydroxylation is 1. The number of hydrogen-bond donors (Lipinski definition) is 1. The van der Waals surface area contributed by atoms with E-state index in [1.807, 2.05) is 6.92 Å². The van der Waals surface area contributed by atoms with Crippen LogP contribution in [0.4, 0.5) is 5.88 Å². The van der Waals surface area contributed by atoms with Crippen LogP contribution >= 0.6 is 0 Å². The highest BCUT2D eigenvalue weighted by molar-refractivity contribution is 5.81. The van der Waals surface area contributed by atoms with E-state index in [0.29, 0.717) is 5.88 Å². The number of hydrogen-bond acceptors (Lipinski definition) is 4. The van der Waals surface area contributed by atoms with Crippen molar-refractivity contribution < 1.29 is 9.26 Å². The van der Waals surface area contributed by atoms with E-state index in [2.05, 4.69) is 38.1 Å². The van der Waals surface area contributed by atoms with Crippen molar-refractivity contribution in [1.29, 1.82) is 0 Å². The molecule has 0 saturated heterocycles. The lowest BCUT2D eigenvalue weighted by molar-refractivity contribution is 0.399. The van der Waals surface area contributed by atoms with Gasteiger partial charge in [0.25, 0.3) is 0 Å². The Bertz CT molecular complexity index is 595. The normalized spacial score (nSPS) is 11.6. The van der Waals surface area contributed by atoms with Crippen LogP contribution in [-0.4, -0.2) is 12.3 Å². The maximum Gasteiger partial charge on any atom is 0.230 e. The first-order valence-electron chi connectivity index (χ1n) is 6.25. The lowest BCUT2D eigenvalue weighted by Crippen LogP contribution is -2.13. The zero-order valence-electron chi connectivity index (χ0n) is 12.1. The standard InChI is InChI=1S/C15H20N2O2/c1-9-6-7-11(15(2,3)4)13(18-5)12(9)10-8-17-19-14(10)16/h6-8H,16H2,1-5H3. The van der Waals surface area contributed by atoms with Gasteiger partial charge in [-0.05, 0) is 17.9 Å². The van der Waals surface area contributed by atoms with Gasteiger partial charge in [-0.3, -0.25) is 0 Å². The molecule has 4 heteroatoms. The molecule has 2 aromatic rings. The maximum atomic E-state index is 5.84. The topological polar surface area (TPSA) is 61.3 Å². The van der Waals surface area contributed by atoms with E-state index in [1.165, 1.54) is 0 Å². The van der Waals surface area contributed by atoms with E-state index < -0.39 is 0 Å². The van der Waals surface area contributed by atoms with Crippen LogP contribution in [0.5, 0.6) is 5.75 Å². The van der Waals surface area contributed by atoms with Crippen LogP contribution in [0.2, 0.25) is 0 Å². The van der Waals surface area contributed by atoms with Crippen molar-refractivity contribution in [3.05, 3.63) is 29.5 Å². The number of methoxy groups -OCH3 is 1. The van der Waals surface area contributed by atoms with Gasteiger partial charge >= 0.3 is 0 Å². The van der Waals surface area contributed by atoms with E-state index in [1.54, 1.807) is 13.3 Å². The minimum absolute atomic E-state index is 0.0142. The number of ether oxygens (including phenoxy) is 1. The van der Waals surface area contributed by atoms with Crippen LogP contribution in [0.1, 0.15) is 31.9 Å². The van der Waals surface area contributed by atoms with E-state index in [4.69, 9.17) is 15.0 Å². The first kappa shape index (κ1) is 13.5. The van der Waals surface area contributed by atoms with Gasteiger partial charge in [0.15, 0.2) is 0 Å². The predicted octanol–water partition coefficient (Wildman–Crippen LogP) is 3.54. The van der Waals surface area contributed by atoms with Crippen molar-refractivity contribution in [1.82, 2.24) is 5.16 Å². The molecule has 0 amide bonds. The molecule has 0 unspecified atom stereocenters. The number of anilines is 1. The first-order valence-corrected chi connectivity index (χ1v) is 6.25. The zero-order chi connectivity index (χ0) is 14.2. The van der Waals surface area contributed by atoms with Crippen molar-refractivity contribution in [3.8, 4) is 16.9 Å². The minimum Gasteiger partial charge on any atom is -0.496 e. The zero-order valence-corrected chi connectivity index (χ0v) is 12.1. The fraction of sp³-hybridized carbons (Fsp3) is 0.400. The number of rotatable bonds is 2. The number of nitrogens with two attached hydrogens (primary N) is 1. The second-order valence-corrected chi connectivity index (χ2v) is 5.69. The second kappa shape index (κ2) is 4.61. The average Bonchev–Trinajstić information content (AvgIpc) is 2.73. The number of nitrogen functional groups attached to an aromatic ring is 1. The van der Waals surface area contributed by atoms with Crippen LogP contribution < -0.4 is 10.5 Å². The molecule has 0 aliphatic heterocycles. The summed E-state index contributed by atoms with van der Waals surface area (Å²) in [6.07, 6.45) is 1.63. The fourth-order valence-corrected chi connectivity index (χ4v) is 2.25. The van der Waals surface area contributed by atoms with Crippen molar-refractivity contribution in [2.24, 2.45) is 0 Å². The molecule has 0 saturated carbocycles. The van der Waals surface area contributed by atoms with Gasteiger partial charge in [-0.1, -0.05) is 38.1 Å². The monoisotopic (exact) mass is 260 g/mol. The van der Waals surface area contributed by atoms with E-state index >= 15 is 0 Å². The van der Waals surface area contributed by atoms with Gasteiger partial charge in [-0.2, -0.15) is 0 Å². The summed E-state index contributed by atoms with van der Waals surface area (Å²) in [7, 11) is 1.68. The Morgan fingerprint density at radius 2 is 1.95 bits per heavy atom. The summed E-state index contributed by atoms with van der Waals surface area (Å²) in [5, 5.41) is 3.75. The van der Waals surface area contributed by atoms with Crippen molar-refractivity contribution in [2.45, 2.75) is 33.1 Å². The molecule has 2 rings (SSSR count). The summed E-state index contributed by atoms with van der Waals surface area (Å²) in [5.41, 5.74) is 9.77. The molecule has 4 nitrogen and oxygen atoms in total. The van der Waals surface area contributed by atoms with Crippen molar-refractivity contribution in [3.63, 3.8) is 0 Å². The molecule has 102 valence electrons. The lowest BCUT2D eigenvalue weighted by atomic mass is 9.83. The summed E-state index contributed by atoms with van der Waals surface area (Å²) >= 11 is 0. The maximum absolute atomic E-state index is 5.84. The van der Waals surface area contributed by atoms with Gasteiger partial charge in [-0.15, -0.1) is 0 Å².